The Hall–Kier alpha value is 1.35. The summed E-state index contributed by atoms with van der Waals surface area (Å²) >= 11 is 0. The van der Waals surface area contributed by atoms with Gasteiger partial charge in [-0.1, -0.05) is 0 Å². The Labute approximate surface area is 71.7 Å². The molecular weight excluding hydrogens is 208 g/mol. The van der Waals surface area contributed by atoms with E-state index in [0.29, 0.717) is 0 Å². The molecule has 0 aliphatic rings. The molecule has 0 aliphatic carbocycles. The third kappa shape index (κ3) is 115. The molecule has 0 aromatic rings. The van der Waals surface area contributed by atoms with E-state index >= 15 is 0 Å². The molecule has 0 aromatic carbocycles. The Morgan fingerprint density at radius 2 is 1.14 bits per heavy atom. The molecule has 0 heterocycles. The fraction of sp³-hybridized carbons (Fsp3) is 1.00. The van der Waals surface area contributed by atoms with E-state index in [1.54, 1.807) is 12.5 Å². The van der Waals surface area contributed by atoms with Crippen LogP contribution in [0.15, 0.2) is 0 Å². The number of hydrogen-bond acceptors (Lipinski definition) is 1. The van der Waals surface area contributed by atoms with Crippen molar-refractivity contribution >= 4 is 10.8 Å². The van der Waals surface area contributed by atoms with E-state index in [4.69, 9.17) is 0 Å². The van der Waals surface area contributed by atoms with E-state index in [1.165, 1.54) is 0 Å². The molecule has 0 rings (SSSR count). The smallest absolute Gasteiger partial charge is 1.00 e. The van der Waals surface area contributed by atoms with Crippen molar-refractivity contribution < 1.29 is 48.5 Å². The average Bonchev–Trinajstić information content (AvgIpc) is 0.811. The van der Waals surface area contributed by atoms with Gasteiger partial charge in [0.25, 0.3) is 0 Å². The summed E-state index contributed by atoms with van der Waals surface area (Å²) < 4.78 is 9.56. The van der Waals surface area contributed by atoms with Crippen LogP contribution in [0, 0.1) is 0 Å². The molecule has 0 fully saturated rings. The zero-order valence-electron chi connectivity index (χ0n) is 4.28. The fourth-order valence-corrected chi connectivity index (χ4v) is 0. The van der Waals surface area contributed by atoms with Gasteiger partial charge < -0.3 is 24.8 Å². The van der Waals surface area contributed by atoms with Crippen LogP contribution in [0.4, 0.5) is 0 Å². The van der Waals surface area contributed by atoms with Gasteiger partial charge in [0.2, 0.25) is 0 Å². The molecule has 5 heteroatoms. The van der Waals surface area contributed by atoms with Gasteiger partial charge in [0.05, 0.1) is 0 Å². The van der Waals surface area contributed by atoms with Crippen LogP contribution in [0.1, 0.15) is 0 Å². The maximum Gasteiger partial charge on any atom is 2.00 e. The predicted molar refractivity (Wildman–Crippen MR) is 20.0 cm³/mol. The van der Waals surface area contributed by atoms with E-state index in [0.717, 1.165) is 0 Å². The zero-order chi connectivity index (χ0) is 3.58. The minimum atomic E-state index is -0.611. The van der Waals surface area contributed by atoms with Crippen molar-refractivity contribution in [3.8, 4) is 0 Å². The van der Waals surface area contributed by atoms with Crippen molar-refractivity contribution in [2.24, 2.45) is 0 Å². The predicted octanol–water partition coefficient (Wildman–Crippen LogP) is -6.00. The molecule has 0 saturated carbocycles. The number of halogens is 2. The first-order chi connectivity index (χ1) is 1.73. The molecule has 0 radical (unpaired) electrons. The second kappa shape index (κ2) is 15.7. The van der Waals surface area contributed by atoms with Crippen LogP contribution in [0.3, 0.4) is 0 Å². The van der Waals surface area contributed by atoms with E-state index in [2.05, 4.69) is 0 Å². The SMILES string of the molecule is CS(C)=O.[Cl-].[Cl-].[Zn+2]. The first kappa shape index (κ1) is 23.8. The summed E-state index contributed by atoms with van der Waals surface area (Å²) in [5.74, 6) is 0. The Bertz CT molecular complexity index is 38.7. The molecule has 0 unspecified atom stereocenters. The Balaban J connectivity index is -0.0000000150. The van der Waals surface area contributed by atoms with E-state index in [-0.39, 0.29) is 44.3 Å². The quantitative estimate of drug-likeness (QED) is 0.367. The van der Waals surface area contributed by atoms with Gasteiger partial charge in [-0.3, -0.25) is 4.21 Å². The normalized spacial score (nSPS) is 5.00. The van der Waals surface area contributed by atoms with Gasteiger partial charge in [-0.25, -0.2) is 0 Å². The third-order valence-electron chi connectivity index (χ3n) is 0. The van der Waals surface area contributed by atoms with Crippen molar-refractivity contribution in [1.29, 1.82) is 0 Å². The van der Waals surface area contributed by atoms with E-state index < -0.39 is 10.8 Å². The standard InChI is InChI=1S/C2H6OS.2ClH.Zn/c1-4(2)3;;;/h1-2H3;2*1H;/q;;;+2/p-2. The molecule has 0 atom stereocenters. The van der Waals surface area contributed by atoms with Gasteiger partial charge in [-0.15, -0.1) is 0 Å². The van der Waals surface area contributed by atoms with Crippen LogP contribution in [0.2, 0.25) is 0 Å². The maximum atomic E-state index is 9.56. The van der Waals surface area contributed by atoms with Crippen LogP contribution < -0.4 is 24.8 Å². The van der Waals surface area contributed by atoms with Crippen molar-refractivity contribution in [2.75, 3.05) is 12.5 Å². The van der Waals surface area contributed by atoms with Gasteiger partial charge in [0, 0.05) is 23.3 Å². The molecule has 0 aromatic heterocycles. The summed E-state index contributed by atoms with van der Waals surface area (Å²) in [7, 11) is -0.611. The Morgan fingerprint density at radius 3 is 1.14 bits per heavy atom. The van der Waals surface area contributed by atoms with Crippen molar-refractivity contribution in [3.05, 3.63) is 0 Å². The van der Waals surface area contributed by atoms with E-state index in [1.807, 2.05) is 0 Å². The monoisotopic (exact) mass is 212 g/mol. The molecule has 0 saturated heterocycles. The Morgan fingerprint density at radius 1 is 1.14 bits per heavy atom. The first-order valence-electron chi connectivity index (χ1n) is 0.983. The number of rotatable bonds is 0. The van der Waals surface area contributed by atoms with Crippen LogP contribution in [0.5, 0.6) is 0 Å². The average molecular weight is 214 g/mol. The maximum absolute atomic E-state index is 9.56. The number of hydrogen-bond donors (Lipinski definition) is 0. The summed E-state index contributed by atoms with van der Waals surface area (Å²) in [5.41, 5.74) is 0. The van der Waals surface area contributed by atoms with Crippen LogP contribution in [-0.2, 0) is 30.3 Å². The third-order valence-corrected chi connectivity index (χ3v) is 0. The minimum Gasteiger partial charge on any atom is -1.00 e. The molecule has 0 bridgehead atoms. The topological polar surface area (TPSA) is 17.1 Å². The summed E-state index contributed by atoms with van der Waals surface area (Å²) in [5, 5.41) is 0. The molecule has 0 N–H and O–H groups in total. The fourth-order valence-electron chi connectivity index (χ4n) is 0. The van der Waals surface area contributed by atoms with Crippen molar-refractivity contribution in [1.82, 2.24) is 0 Å². The molecule has 0 spiro atoms. The molecular formula is C2H6Cl2OSZn. The molecule has 42 valence electrons. The molecule has 0 aliphatic heterocycles. The van der Waals surface area contributed by atoms with Crippen molar-refractivity contribution in [2.45, 2.75) is 0 Å². The first-order valence-corrected chi connectivity index (χ1v) is 2.95. The second-order valence-corrected chi connectivity index (χ2v) is 2.22. The zero-order valence-corrected chi connectivity index (χ0v) is 9.58. The van der Waals surface area contributed by atoms with Crippen LogP contribution in [-0.4, -0.2) is 16.7 Å². The molecule has 0 amide bonds. The summed E-state index contributed by atoms with van der Waals surface area (Å²) in [6.07, 6.45) is 3.28. The van der Waals surface area contributed by atoms with Gasteiger partial charge >= 0.3 is 19.5 Å². The largest absolute Gasteiger partial charge is 2.00 e. The van der Waals surface area contributed by atoms with Crippen LogP contribution >= 0.6 is 0 Å². The second-order valence-electron chi connectivity index (χ2n) is 0.742. The van der Waals surface area contributed by atoms with E-state index in [9.17, 15) is 4.21 Å². The summed E-state index contributed by atoms with van der Waals surface area (Å²) in [6.45, 7) is 0. The van der Waals surface area contributed by atoms with Gasteiger partial charge in [-0.2, -0.15) is 0 Å². The van der Waals surface area contributed by atoms with Crippen molar-refractivity contribution in [3.63, 3.8) is 0 Å². The summed E-state index contributed by atoms with van der Waals surface area (Å²) in [4.78, 5) is 0. The minimum absolute atomic E-state index is 0. The van der Waals surface area contributed by atoms with Gasteiger partial charge in [-0.05, 0) is 0 Å². The van der Waals surface area contributed by atoms with Gasteiger partial charge in [0.15, 0.2) is 0 Å². The molecule has 1 nitrogen and oxygen atoms in total. The summed E-state index contributed by atoms with van der Waals surface area (Å²) in [6, 6.07) is 0. The van der Waals surface area contributed by atoms with Gasteiger partial charge in [0.1, 0.15) is 0 Å². The Kier molecular flexibility index (Phi) is 53.3. The molecule has 7 heavy (non-hydrogen) atoms. The van der Waals surface area contributed by atoms with Crippen LogP contribution in [0.25, 0.3) is 0 Å².